The van der Waals surface area contributed by atoms with Crippen LogP contribution in [0.5, 0.6) is 0 Å². The fourth-order valence-corrected chi connectivity index (χ4v) is 4.32. The normalized spacial score (nSPS) is 14.7. The Morgan fingerprint density at radius 2 is 1.57 bits per heavy atom. The van der Waals surface area contributed by atoms with Crippen molar-refractivity contribution < 1.29 is 18.4 Å². The number of carbonyl (C=O) groups excluding carboxylic acids is 2. The van der Waals surface area contributed by atoms with Crippen LogP contribution < -0.4 is 4.90 Å². The number of rotatable bonds is 7. The number of benzene rings is 2. The molecule has 2 aromatic carbocycles. The highest BCUT2D eigenvalue weighted by Gasteiger charge is 2.27. The average molecular weight is 508 g/mol. The van der Waals surface area contributed by atoms with Crippen LogP contribution in [0.25, 0.3) is 11.3 Å². The van der Waals surface area contributed by atoms with Crippen molar-refractivity contribution in [1.29, 1.82) is 0 Å². The highest BCUT2D eigenvalue weighted by molar-refractivity contribution is 5.96. The Bertz CT molecular complexity index is 1200. The average Bonchev–Trinajstić information content (AvgIpc) is 3.18. The highest BCUT2D eigenvalue weighted by atomic mass is 19.1. The summed E-state index contributed by atoms with van der Waals surface area (Å²) in [5, 5.41) is 8.66. The van der Waals surface area contributed by atoms with Gasteiger partial charge in [-0.2, -0.15) is 0 Å². The molecule has 1 aliphatic rings. The molecule has 9 heteroatoms. The van der Waals surface area contributed by atoms with E-state index in [1.807, 2.05) is 26.0 Å². The quantitative estimate of drug-likeness (QED) is 0.474. The minimum Gasteiger partial charge on any atom is -0.353 e. The van der Waals surface area contributed by atoms with Gasteiger partial charge in [-0.1, -0.05) is 6.92 Å². The molecule has 1 fully saturated rings. The largest absolute Gasteiger partial charge is 0.353 e. The molecule has 1 atom stereocenters. The predicted octanol–water partition coefficient (Wildman–Crippen LogP) is 4.40. The number of hydrogen-bond acceptors (Lipinski definition) is 5. The first-order valence-electron chi connectivity index (χ1n) is 12.5. The van der Waals surface area contributed by atoms with E-state index in [4.69, 9.17) is 0 Å². The van der Waals surface area contributed by atoms with Gasteiger partial charge in [0.2, 0.25) is 5.91 Å². The maximum Gasteiger partial charge on any atom is 0.254 e. The first-order valence-corrected chi connectivity index (χ1v) is 12.5. The molecule has 0 spiro atoms. The smallest absolute Gasteiger partial charge is 0.254 e. The van der Waals surface area contributed by atoms with Crippen LogP contribution in [0.2, 0.25) is 0 Å². The first kappa shape index (κ1) is 26.2. The summed E-state index contributed by atoms with van der Waals surface area (Å²) in [4.78, 5) is 31.8. The van der Waals surface area contributed by atoms with Crippen LogP contribution in [0, 0.1) is 11.6 Å². The van der Waals surface area contributed by atoms with Gasteiger partial charge in [-0.3, -0.25) is 9.59 Å². The van der Waals surface area contributed by atoms with E-state index in [1.54, 1.807) is 21.9 Å². The van der Waals surface area contributed by atoms with Gasteiger partial charge < -0.3 is 14.7 Å². The maximum atomic E-state index is 13.3. The summed E-state index contributed by atoms with van der Waals surface area (Å²) in [5.74, 6) is -0.394. The van der Waals surface area contributed by atoms with Crippen molar-refractivity contribution in [2.24, 2.45) is 0 Å². The van der Waals surface area contributed by atoms with E-state index in [0.29, 0.717) is 43.1 Å². The van der Waals surface area contributed by atoms with Crippen LogP contribution in [0.15, 0.2) is 60.7 Å². The van der Waals surface area contributed by atoms with Gasteiger partial charge in [-0.25, -0.2) is 8.78 Å². The van der Waals surface area contributed by atoms with E-state index in [9.17, 15) is 18.4 Å². The van der Waals surface area contributed by atoms with Crippen LogP contribution in [0.1, 0.15) is 37.0 Å². The second-order valence-corrected chi connectivity index (χ2v) is 9.20. The van der Waals surface area contributed by atoms with Crippen LogP contribution in [-0.2, 0) is 4.79 Å². The fourth-order valence-electron chi connectivity index (χ4n) is 4.32. The van der Waals surface area contributed by atoms with Crippen LogP contribution >= 0.6 is 0 Å². The van der Waals surface area contributed by atoms with E-state index in [0.717, 1.165) is 18.5 Å². The molecule has 0 bridgehead atoms. The van der Waals surface area contributed by atoms with E-state index in [1.165, 1.54) is 36.4 Å². The minimum atomic E-state index is -0.411. The molecule has 0 radical (unpaired) electrons. The van der Waals surface area contributed by atoms with Gasteiger partial charge in [0.1, 0.15) is 18.2 Å². The van der Waals surface area contributed by atoms with Crippen molar-refractivity contribution in [3.63, 3.8) is 0 Å². The van der Waals surface area contributed by atoms with E-state index >= 15 is 0 Å². The summed E-state index contributed by atoms with van der Waals surface area (Å²) in [7, 11) is 0. The molecule has 0 aliphatic carbocycles. The molecule has 0 N–H and O–H groups in total. The molecule has 1 saturated heterocycles. The van der Waals surface area contributed by atoms with E-state index in [2.05, 4.69) is 15.1 Å². The number of hydrogen-bond donors (Lipinski definition) is 0. The minimum absolute atomic E-state index is 0.0304. The molecule has 4 rings (SSSR count). The van der Waals surface area contributed by atoms with Gasteiger partial charge in [0, 0.05) is 43.3 Å². The van der Waals surface area contributed by atoms with Crippen LogP contribution in [-0.4, -0.2) is 70.6 Å². The summed E-state index contributed by atoms with van der Waals surface area (Å²) in [6.45, 7) is 6.23. The summed E-state index contributed by atoms with van der Waals surface area (Å²) in [5.41, 5.74) is 1.81. The lowest BCUT2D eigenvalue weighted by Gasteiger charge is -2.31. The molecule has 7 nitrogen and oxygen atoms in total. The molecule has 0 saturated carbocycles. The van der Waals surface area contributed by atoms with Crippen molar-refractivity contribution in [3.05, 3.63) is 77.9 Å². The molecule has 1 aliphatic heterocycles. The Labute approximate surface area is 215 Å². The van der Waals surface area contributed by atoms with E-state index < -0.39 is 5.82 Å². The Hall–Kier alpha value is -3.88. The molecule has 2 amide bonds. The van der Waals surface area contributed by atoms with Gasteiger partial charge in [0.25, 0.3) is 5.91 Å². The third kappa shape index (κ3) is 6.47. The first-order chi connectivity index (χ1) is 17.9. The van der Waals surface area contributed by atoms with Crippen molar-refractivity contribution in [1.82, 2.24) is 20.0 Å². The molecule has 2 heterocycles. The number of aromatic nitrogens is 2. The molecule has 194 valence electrons. The van der Waals surface area contributed by atoms with Gasteiger partial charge in [0.05, 0.1) is 5.69 Å². The Morgan fingerprint density at radius 3 is 2.19 bits per heavy atom. The Kier molecular flexibility index (Phi) is 8.43. The second-order valence-electron chi connectivity index (χ2n) is 9.20. The summed E-state index contributed by atoms with van der Waals surface area (Å²) >= 11 is 0. The Morgan fingerprint density at radius 1 is 0.892 bits per heavy atom. The van der Waals surface area contributed by atoms with Gasteiger partial charge in [-0.15, -0.1) is 10.2 Å². The molecular weight excluding hydrogens is 476 g/mol. The fraction of sp³-hybridized carbons (Fsp3) is 0.357. The number of amides is 2. The monoisotopic (exact) mass is 507 g/mol. The van der Waals surface area contributed by atoms with Gasteiger partial charge in [0.15, 0.2) is 5.82 Å². The van der Waals surface area contributed by atoms with Crippen molar-refractivity contribution in [2.45, 2.75) is 32.7 Å². The van der Waals surface area contributed by atoms with Gasteiger partial charge >= 0.3 is 0 Å². The zero-order valence-electron chi connectivity index (χ0n) is 21.1. The van der Waals surface area contributed by atoms with Crippen molar-refractivity contribution >= 4 is 17.6 Å². The number of anilines is 1. The van der Waals surface area contributed by atoms with E-state index in [-0.39, 0.29) is 30.2 Å². The van der Waals surface area contributed by atoms with Crippen LogP contribution in [0.4, 0.5) is 14.6 Å². The standard InChI is InChI=1S/C28H31F2N5O2/c1-3-20(2)35(28(37)22-7-11-24(30)12-8-22)19-27(36)34-16-4-15-33(17-18-34)26-14-13-25(31-32-26)21-5-9-23(29)10-6-21/h5-14,20H,3-4,15-19H2,1-2H3/t20-/m1/s1. The highest BCUT2D eigenvalue weighted by Crippen LogP contribution is 2.20. The molecule has 0 unspecified atom stereocenters. The zero-order chi connectivity index (χ0) is 26.4. The second kappa shape index (κ2) is 11.9. The van der Waals surface area contributed by atoms with Crippen molar-refractivity contribution in [2.75, 3.05) is 37.6 Å². The maximum absolute atomic E-state index is 13.3. The predicted molar refractivity (Wildman–Crippen MR) is 138 cm³/mol. The SMILES string of the molecule is CC[C@@H](C)N(CC(=O)N1CCCN(c2ccc(-c3ccc(F)cc3)nn2)CC1)C(=O)c1ccc(F)cc1. The number of carbonyl (C=O) groups is 2. The zero-order valence-corrected chi connectivity index (χ0v) is 21.1. The lowest BCUT2D eigenvalue weighted by atomic mass is 10.1. The Balaban J connectivity index is 1.39. The molecular formula is C28H31F2N5O2. The molecule has 37 heavy (non-hydrogen) atoms. The summed E-state index contributed by atoms with van der Waals surface area (Å²) < 4.78 is 26.5. The van der Waals surface area contributed by atoms with Crippen LogP contribution in [0.3, 0.4) is 0 Å². The lowest BCUT2D eigenvalue weighted by Crippen LogP contribution is -2.47. The topological polar surface area (TPSA) is 69.6 Å². The van der Waals surface area contributed by atoms with Crippen molar-refractivity contribution in [3.8, 4) is 11.3 Å². The number of halogens is 2. The third-order valence-electron chi connectivity index (χ3n) is 6.74. The summed E-state index contributed by atoms with van der Waals surface area (Å²) in [6.07, 6.45) is 1.45. The third-order valence-corrected chi connectivity index (χ3v) is 6.74. The number of nitrogens with zero attached hydrogens (tertiary/aromatic N) is 5. The summed E-state index contributed by atoms with van der Waals surface area (Å²) in [6, 6.07) is 15.1. The molecule has 1 aromatic heterocycles. The lowest BCUT2D eigenvalue weighted by molar-refractivity contribution is -0.132. The van der Waals surface area contributed by atoms with Gasteiger partial charge in [-0.05, 0) is 80.4 Å². The molecule has 3 aromatic rings.